The molecule has 0 aliphatic carbocycles. The predicted octanol–water partition coefficient (Wildman–Crippen LogP) is 2.97. The maximum absolute atomic E-state index is 9.77. The Morgan fingerprint density at radius 3 is 2.47 bits per heavy atom. The molecule has 0 aromatic heterocycles. The summed E-state index contributed by atoms with van der Waals surface area (Å²) in [5, 5.41) is 10.4. The first-order valence-corrected chi connectivity index (χ1v) is 5.26. The third-order valence-electron chi connectivity index (χ3n) is 2.14. The number of ether oxygens (including phenoxy) is 1. The number of hydrogen-bond donors (Lipinski definition) is 1. The second-order valence-corrected chi connectivity index (χ2v) is 4.84. The summed E-state index contributed by atoms with van der Waals surface area (Å²) in [6.45, 7) is 5.48. The van der Waals surface area contributed by atoms with Crippen LogP contribution < -0.4 is 4.74 Å². The van der Waals surface area contributed by atoms with Gasteiger partial charge in [0.15, 0.2) is 0 Å². The van der Waals surface area contributed by atoms with Crippen LogP contribution in [0.5, 0.6) is 5.75 Å². The van der Waals surface area contributed by atoms with Crippen molar-refractivity contribution in [3.05, 3.63) is 28.3 Å². The van der Waals surface area contributed by atoms with Gasteiger partial charge in [-0.1, -0.05) is 11.6 Å². The molecule has 0 saturated heterocycles. The highest BCUT2D eigenvalue weighted by Crippen LogP contribution is 2.30. The van der Waals surface area contributed by atoms with Crippen LogP contribution in [0.1, 0.15) is 25.0 Å². The van der Waals surface area contributed by atoms with Crippen LogP contribution in [0.3, 0.4) is 0 Å². The molecule has 0 bridgehead atoms. The van der Waals surface area contributed by atoms with Gasteiger partial charge in [0, 0.05) is 11.4 Å². The molecule has 0 fully saturated rings. The molecule has 1 rings (SSSR count). The van der Waals surface area contributed by atoms with Crippen LogP contribution >= 0.6 is 11.6 Å². The molecule has 0 unspecified atom stereocenters. The number of aliphatic hydroxyl groups is 1. The highest BCUT2D eigenvalue weighted by atomic mass is 35.5. The molecule has 0 aliphatic rings. The Kier molecular flexibility index (Phi) is 3.63. The number of benzene rings is 1. The number of hydrogen-bond acceptors (Lipinski definition) is 2. The topological polar surface area (TPSA) is 29.5 Å². The van der Waals surface area contributed by atoms with Gasteiger partial charge in [0.1, 0.15) is 5.75 Å². The van der Waals surface area contributed by atoms with Crippen LogP contribution in [-0.4, -0.2) is 17.8 Å². The van der Waals surface area contributed by atoms with Crippen LogP contribution in [-0.2, 0) is 6.42 Å². The monoisotopic (exact) mass is 228 g/mol. The van der Waals surface area contributed by atoms with Gasteiger partial charge in [-0.2, -0.15) is 0 Å². The molecule has 0 spiro atoms. The molecular weight excluding hydrogens is 212 g/mol. The van der Waals surface area contributed by atoms with Crippen molar-refractivity contribution in [2.75, 3.05) is 7.11 Å². The van der Waals surface area contributed by atoms with E-state index in [1.807, 2.05) is 19.1 Å². The van der Waals surface area contributed by atoms with Crippen molar-refractivity contribution in [3.8, 4) is 5.75 Å². The first-order valence-electron chi connectivity index (χ1n) is 4.89. The van der Waals surface area contributed by atoms with Crippen LogP contribution in [0.2, 0.25) is 5.02 Å². The van der Waals surface area contributed by atoms with E-state index in [0.717, 1.165) is 16.9 Å². The van der Waals surface area contributed by atoms with Crippen molar-refractivity contribution in [2.45, 2.75) is 32.8 Å². The Balaban J connectivity index is 3.15. The van der Waals surface area contributed by atoms with Gasteiger partial charge >= 0.3 is 0 Å². The fourth-order valence-corrected chi connectivity index (χ4v) is 1.98. The van der Waals surface area contributed by atoms with E-state index in [1.54, 1.807) is 21.0 Å². The van der Waals surface area contributed by atoms with Gasteiger partial charge in [-0.25, -0.2) is 0 Å². The first-order chi connectivity index (χ1) is 6.83. The zero-order valence-corrected chi connectivity index (χ0v) is 10.4. The average Bonchev–Trinajstić information content (AvgIpc) is 1.99. The van der Waals surface area contributed by atoms with Gasteiger partial charge in [0.2, 0.25) is 0 Å². The van der Waals surface area contributed by atoms with E-state index in [4.69, 9.17) is 16.3 Å². The minimum Gasteiger partial charge on any atom is -0.496 e. The Morgan fingerprint density at radius 2 is 2.00 bits per heavy atom. The molecule has 0 amide bonds. The second kappa shape index (κ2) is 4.42. The van der Waals surface area contributed by atoms with Crippen LogP contribution in [0.25, 0.3) is 0 Å². The van der Waals surface area contributed by atoms with E-state index in [-0.39, 0.29) is 0 Å². The Morgan fingerprint density at radius 1 is 1.40 bits per heavy atom. The van der Waals surface area contributed by atoms with Crippen molar-refractivity contribution in [3.63, 3.8) is 0 Å². The molecule has 15 heavy (non-hydrogen) atoms. The van der Waals surface area contributed by atoms with E-state index in [1.165, 1.54) is 0 Å². The van der Waals surface area contributed by atoms with Crippen molar-refractivity contribution in [1.82, 2.24) is 0 Å². The molecule has 0 atom stereocenters. The van der Waals surface area contributed by atoms with Gasteiger partial charge in [-0.15, -0.1) is 0 Å². The molecular formula is C12H17ClO2. The highest BCUT2D eigenvalue weighted by Gasteiger charge is 2.18. The first kappa shape index (κ1) is 12.3. The lowest BCUT2D eigenvalue weighted by Gasteiger charge is -2.20. The predicted molar refractivity (Wildman–Crippen MR) is 62.7 cm³/mol. The molecule has 1 N–H and O–H groups in total. The molecule has 0 heterocycles. The Bertz CT molecular complexity index is 353. The van der Waals surface area contributed by atoms with Gasteiger partial charge < -0.3 is 9.84 Å². The van der Waals surface area contributed by atoms with E-state index in [9.17, 15) is 5.11 Å². The number of aryl methyl sites for hydroxylation is 1. The van der Waals surface area contributed by atoms with Crippen LogP contribution in [0.15, 0.2) is 12.1 Å². The van der Waals surface area contributed by atoms with Gasteiger partial charge in [0.25, 0.3) is 0 Å². The smallest absolute Gasteiger partial charge is 0.125 e. The molecule has 2 nitrogen and oxygen atoms in total. The third-order valence-corrected chi connectivity index (χ3v) is 2.36. The average molecular weight is 229 g/mol. The Hall–Kier alpha value is -0.730. The van der Waals surface area contributed by atoms with Gasteiger partial charge in [-0.05, 0) is 44.0 Å². The summed E-state index contributed by atoms with van der Waals surface area (Å²) in [5.74, 6) is 0.807. The summed E-state index contributed by atoms with van der Waals surface area (Å²) in [4.78, 5) is 0. The van der Waals surface area contributed by atoms with Crippen LogP contribution in [0.4, 0.5) is 0 Å². The highest BCUT2D eigenvalue weighted by molar-refractivity contribution is 6.30. The molecule has 1 aromatic rings. The third kappa shape index (κ3) is 3.40. The zero-order valence-electron chi connectivity index (χ0n) is 9.60. The van der Waals surface area contributed by atoms with Crippen molar-refractivity contribution in [2.24, 2.45) is 0 Å². The molecule has 0 radical (unpaired) electrons. The quantitative estimate of drug-likeness (QED) is 0.862. The summed E-state index contributed by atoms with van der Waals surface area (Å²) in [7, 11) is 1.63. The molecule has 3 heteroatoms. The number of methoxy groups -OCH3 is 1. The van der Waals surface area contributed by atoms with Crippen molar-refractivity contribution in [1.29, 1.82) is 0 Å². The minimum absolute atomic E-state index is 0.525. The zero-order chi connectivity index (χ0) is 11.6. The maximum Gasteiger partial charge on any atom is 0.125 e. The number of rotatable bonds is 3. The lowest BCUT2D eigenvalue weighted by molar-refractivity contribution is 0.0802. The summed E-state index contributed by atoms with van der Waals surface area (Å²) in [6.07, 6.45) is 0.525. The fourth-order valence-electron chi connectivity index (χ4n) is 1.69. The van der Waals surface area contributed by atoms with E-state index in [0.29, 0.717) is 11.4 Å². The largest absolute Gasteiger partial charge is 0.496 e. The standard InChI is InChI=1S/C12H17ClO2/c1-8-5-10(13)6-9(11(8)15-4)7-12(2,3)14/h5-6,14H,7H2,1-4H3. The van der Waals surface area contributed by atoms with Crippen molar-refractivity contribution < 1.29 is 9.84 Å². The summed E-state index contributed by atoms with van der Waals surface area (Å²) in [5.41, 5.74) is 1.17. The normalized spacial score (nSPS) is 11.6. The molecule has 84 valence electrons. The lowest BCUT2D eigenvalue weighted by atomic mass is 9.96. The van der Waals surface area contributed by atoms with E-state index >= 15 is 0 Å². The van der Waals surface area contributed by atoms with Gasteiger partial charge in [-0.3, -0.25) is 0 Å². The molecule has 0 aliphatic heterocycles. The summed E-state index contributed by atoms with van der Waals surface area (Å²) in [6, 6.07) is 3.69. The number of halogens is 1. The second-order valence-electron chi connectivity index (χ2n) is 4.40. The van der Waals surface area contributed by atoms with Gasteiger partial charge in [0.05, 0.1) is 12.7 Å². The minimum atomic E-state index is -0.760. The molecule has 0 saturated carbocycles. The Labute approximate surface area is 95.8 Å². The SMILES string of the molecule is COc1c(C)cc(Cl)cc1CC(C)(C)O. The maximum atomic E-state index is 9.77. The summed E-state index contributed by atoms with van der Waals surface area (Å²) >= 11 is 5.97. The van der Waals surface area contributed by atoms with E-state index in [2.05, 4.69) is 0 Å². The lowest BCUT2D eigenvalue weighted by Crippen LogP contribution is -2.22. The molecule has 1 aromatic carbocycles. The van der Waals surface area contributed by atoms with Crippen molar-refractivity contribution >= 4 is 11.6 Å². The van der Waals surface area contributed by atoms with E-state index < -0.39 is 5.60 Å². The van der Waals surface area contributed by atoms with Crippen LogP contribution in [0, 0.1) is 6.92 Å². The fraction of sp³-hybridized carbons (Fsp3) is 0.500. The summed E-state index contributed by atoms with van der Waals surface area (Å²) < 4.78 is 5.31.